The van der Waals surface area contributed by atoms with Crippen molar-refractivity contribution in [2.24, 2.45) is 0 Å². The van der Waals surface area contributed by atoms with Gasteiger partial charge in [0.15, 0.2) is 0 Å². The van der Waals surface area contributed by atoms with Gasteiger partial charge in [-0.05, 0) is 12.5 Å². The van der Waals surface area contributed by atoms with Gasteiger partial charge in [0.1, 0.15) is 8.42 Å². The van der Waals surface area contributed by atoms with Gasteiger partial charge in [-0.25, -0.2) is 24.7 Å². The van der Waals surface area contributed by atoms with Crippen molar-refractivity contribution >= 4 is 80.8 Å². The lowest BCUT2D eigenvalue weighted by molar-refractivity contribution is 0.183. The summed E-state index contributed by atoms with van der Waals surface area (Å²) in [4.78, 5) is 11.2. The zero-order chi connectivity index (χ0) is 20.4. The van der Waals surface area contributed by atoms with Crippen LogP contribution < -0.4 is 4.72 Å². The lowest BCUT2D eigenvalue weighted by atomic mass is 10.1. The number of nitrogens with zero attached hydrogens (tertiary/aromatic N) is 2. The normalized spacial score (nSPS) is 19.8. The first kappa shape index (κ1) is 23.7. The van der Waals surface area contributed by atoms with Gasteiger partial charge in [-0.3, -0.25) is 4.79 Å². The van der Waals surface area contributed by atoms with Crippen LogP contribution in [0.1, 0.15) is 24.9 Å². The Morgan fingerprint density at radius 3 is 2.74 bits per heavy atom. The van der Waals surface area contributed by atoms with Gasteiger partial charge in [0.25, 0.3) is 24.0 Å². The summed E-state index contributed by atoms with van der Waals surface area (Å²) < 4.78 is 59.9. The van der Waals surface area contributed by atoms with E-state index in [2.05, 4.69) is 22.9 Å². The predicted molar refractivity (Wildman–Crippen MR) is 118 cm³/mol. The summed E-state index contributed by atoms with van der Waals surface area (Å²) in [6, 6.07) is 1.07. The van der Waals surface area contributed by atoms with Gasteiger partial charge in [-0.2, -0.15) is 4.31 Å². The van der Waals surface area contributed by atoms with Gasteiger partial charge in [-0.15, -0.1) is 11.3 Å². The van der Waals surface area contributed by atoms with E-state index in [0.717, 1.165) is 0 Å². The minimum Gasteiger partial charge on any atom is -0.385 e. The quantitative estimate of drug-likeness (QED) is 0.150. The van der Waals surface area contributed by atoms with Crippen molar-refractivity contribution in [3.05, 3.63) is 11.6 Å². The Kier molecular flexibility index (Phi) is 8.32. The monoisotopic (exact) mass is 663 g/mol. The summed E-state index contributed by atoms with van der Waals surface area (Å²) in [5, 5.41) is 0. The van der Waals surface area contributed by atoms with Crippen molar-refractivity contribution in [1.82, 2.24) is 12.1 Å². The molecule has 1 amide bonds. The third kappa shape index (κ3) is 5.32. The van der Waals surface area contributed by atoms with Crippen LogP contribution in [-0.2, 0) is 24.8 Å². The number of fused-ring (bicyclic) bond motifs is 1. The number of ether oxygens (including phenoxy) is 1. The van der Waals surface area contributed by atoms with Gasteiger partial charge in [0.2, 0.25) is 0 Å². The largest absolute Gasteiger partial charge is 0.385 e. The van der Waals surface area contributed by atoms with Crippen molar-refractivity contribution in [3.8, 4) is 0 Å². The minimum atomic E-state index is -4.11. The Bertz CT molecular complexity index is 902. The maximum Gasteiger partial charge on any atom is 0.294 e. The summed E-state index contributed by atoms with van der Waals surface area (Å²) >= 11 is 4.10. The van der Waals surface area contributed by atoms with Crippen LogP contribution in [0.3, 0.4) is 0 Å². The summed E-state index contributed by atoms with van der Waals surface area (Å²) in [5.74, 6) is 0. The molecule has 27 heavy (non-hydrogen) atoms. The van der Waals surface area contributed by atoms with Crippen LogP contribution in [0, 0.1) is 0 Å². The molecular formula is C13H19I2N3O6S3. The van der Waals surface area contributed by atoms with E-state index in [9.17, 15) is 21.6 Å². The van der Waals surface area contributed by atoms with Crippen LogP contribution in [-0.4, -0.2) is 61.5 Å². The second-order valence-electron chi connectivity index (χ2n) is 5.63. The van der Waals surface area contributed by atoms with Crippen LogP contribution in [0.15, 0.2) is 14.5 Å². The van der Waals surface area contributed by atoms with E-state index in [-0.39, 0.29) is 27.5 Å². The Morgan fingerprint density at radius 1 is 1.52 bits per heavy atom. The highest BCUT2D eigenvalue weighted by Gasteiger charge is 2.41. The number of methoxy groups -OCH3 is 1. The first-order valence-electron chi connectivity index (χ1n) is 7.82. The van der Waals surface area contributed by atoms with E-state index in [0.29, 0.717) is 36.5 Å². The number of thiophene rings is 1. The third-order valence-electron chi connectivity index (χ3n) is 3.89. The maximum absolute atomic E-state index is 13.0. The SMILES string of the molecule is CCN(I)[C@H]1CN(CCCOC)S(=O)(=O)c2sc(S(=O)(=O)NC(=O)I)cc21. The number of rotatable bonds is 8. The lowest BCUT2D eigenvalue weighted by Crippen LogP contribution is -2.43. The summed E-state index contributed by atoms with van der Waals surface area (Å²) in [5.41, 5.74) is 0.445. The standard InChI is InChI=1S/C13H19I2N3O6S3/c1-3-18(15)10-8-17(5-4-6-24-2)27(22,23)12-9(10)7-11(25-12)26(20,21)16-13(14)19/h7,10H,3-6,8H2,1-2H3,(H,16,19)/t10-/m0/s1. The number of hydrogen-bond donors (Lipinski definition) is 1. The molecule has 1 aromatic rings. The molecule has 1 aromatic heterocycles. The Balaban J connectivity index is 2.52. The van der Waals surface area contributed by atoms with Crippen molar-refractivity contribution in [1.29, 1.82) is 0 Å². The van der Waals surface area contributed by atoms with E-state index in [1.54, 1.807) is 7.11 Å². The topological polar surface area (TPSA) is 113 Å². The highest BCUT2D eigenvalue weighted by atomic mass is 127. The molecule has 0 fully saturated rings. The molecule has 2 rings (SSSR count). The molecule has 154 valence electrons. The lowest BCUT2D eigenvalue weighted by Gasteiger charge is -2.35. The second-order valence-corrected chi connectivity index (χ2v) is 12.9. The number of nitrogens with one attached hydrogen (secondary N) is 1. The summed E-state index contributed by atoms with van der Waals surface area (Å²) in [6.45, 7) is 3.52. The van der Waals surface area contributed by atoms with Crippen LogP contribution >= 0.6 is 56.8 Å². The molecule has 0 aliphatic carbocycles. The Morgan fingerprint density at radius 2 is 2.19 bits per heavy atom. The first-order valence-corrected chi connectivity index (χ1v) is 13.6. The number of hydrogen-bond acceptors (Lipinski definition) is 8. The van der Waals surface area contributed by atoms with Crippen molar-refractivity contribution < 1.29 is 26.4 Å². The Labute approximate surface area is 190 Å². The van der Waals surface area contributed by atoms with Gasteiger partial charge >= 0.3 is 0 Å². The molecule has 14 heteroatoms. The maximum atomic E-state index is 13.0. The molecule has 0 radical (unpaired) electrons. The zero-order valence-corrected chi connectivity index (χ0v) is 21.3. The number of likely N-dealkylation sites (N-methyl/N-ethyl adjacent to an activating group) is 1. The van der Waals surface area contributed by atoms with E-state index in [1.165, 1.54) is 33.0 Å². The number of halogens is 2. The molecule has 9 nitrogen and oxygen atoms in total. The van der Waals surface area contributed by atoms with Crippen molar-refractivity contribution in [2.45, 2.75) is 27.8 Å². The predicted octanol–water partition coefficient (Wildman–Crippen LogP) is 2.34. The van der Waals surface area contributed by atoms with E-state index < -0.39 is 24.0 Å². The first-order chi connectivity index (χ1) is 12.5. The fourth-order valence-corrected chi connectivity index (χ4v) is 8.69. The molecule has 1 N–H and O–H groups in total. The molecule has 2 heterocycles. The molecule has 0 spiro atoms. The molecular weight excluding hydrogens is 644 g/mol. The van der Waals surface area contributed by atoms with Gasteiger partial charge in [0.05, 0.1) is 6.04 Å². The fourth-order valence-electron chi connectivity index (χ4n) is 2.65. The van der Waals surface area contributed by atoms with E-state index in [4.69, 9.17) is 4.74 Å². The highest BCUT2D eigenvalue weighted by molar-refractivity contribution is 14.1. The molecule has 1 atom stereocenters. The average molecular weight is 663 g/mol. The van der Waals surface area contributed by atoms with Crippen molar-refractivity contribution in [2.75, 3.05) is 33.4 Å². The molecule has 0 bridgehead atoms. The zero-order valence-electron chi connectivity index (χ0n) is 14.5. The Hall–Kier alpha value is 0.410. The highest BCUT2D eigenvalue weighted by Crippen LogP contribution is 2.43. The van der Waals surface area contributed by atoms with E-state index >= 15 is 0 Å². The third-order valence-corrected chi connectivity index (χ3v) is 11.2. The second kappa shape index (κ2) is 9.48. The minimum absolute atomic E-state index is 0.00700. The smallest absolute Gasteiger partial charge is 0.294 e. The van der Waals surface area contributed by atoms with Crippen LogP contribution in [0.2, 0.25) is 0 Å². The van der Waals surface area contributed by atoms with Gasteiger partial charge < -0.3 is 4.74 Å². The molecule has 0 unspecified atom stereocenters. The summed E-state index contributed by atoms with van der Waals surface area (Å²) in [6.07, 6.45) is 0.534. The fraction of sp³-hybridized carbons (Fsp3) is 0.615. The van der Waals surface area contributed by atoms with Crippen LogP contribution in [0.5, 0.6) is 0 Å². The number of carbonyl (C=O) groups is 1. The van der Waals surface area contributed by atoms with Crippen LogP contribution in [0.4, 0.5) is 4.79 Å². The molecule has 0 saturated heterocycles. The van der Waals surface area contributed by atoms with Gasteiger partial charge in [0, 0.05) is 84.4 Å². The van der Waals surface area contributed by atoms with Crippen molar-refractivity contribution in [3.63, 3.8) is 0 Å². The molecule has 0 saturated carbocycles. The van der Waals surface area contributed by atoms with E-state index in [1.807, 2.05) is 14.8 Å². The molecule has 1 aliphatic rings. The number of amides is 1. The molecule has 1 aliphatic heterocycles. The average Bonchev–Trinajstić information content (AvgIpc) is 3.02. The summed E-state index contributed by atoms with van der Waals surface area (Å²) in [7, 11) is -6.38. The number of carbonyl (C=O) groups excluding carboxylic acids is 1. The number of sulfonamides is 2. The molecule has 0 aromatic carbocycles. The van der Waals surface area contributed by atoms with Gasteiger partial charge in [-0.1, -0.05) is 6.92 Å². The van der Waals surface area contributed by atoms with Crippen LogP contribution in [0.25, 0.3) is 0 Å².